The molecule has 0 aliphatic carbocycles. The quantitative estimate of drug-likeness (QED) is 0.754. The van der Waals surface area contributed by atoms with E-state index in [2.05, 4.69) is 54.9 Å². The Kier molecular flexibility index (Phi) is 3.61. The van der Waals surface area contributed by atoms with Crippen LogP contribution in [0.2, 0.25) is 0 Å². The molecule has 17 heavy (non-hydrogen) atoms. The minimum absolute atomic E-state index is 0.0422. The minimum atomic E-state index is 0.0422. The maximum atomic E-state index is 9.93. The van der Waals surface area contributed by atoms with E-state index in [1.807, 2.05) is 12.1 Å². The van der Waals surface area contributed by atoms with Gasteiger partial charge in [0.15, 0.2) is 0 Å². The Hall–Kier alpha value is -0.980. The molecule has 0 unspecified atom stereocenters. The summed E-state index contributed by atoms with van der Waals surface area (Å²) in [7, 11) is 0. The lowest BCUT2D eigenvalue weighted by molar-refractivity contribution is 0.465. The van der Waals surface area contributed by atoms with Gasteiger partial charge < -0.3 is 5.11 Å². The second kappa shape index (κ2) is 4.36. The molecule has 0 aliphatic rings. The van der Waals surface area contributed by atoms with Crippen LogP contribution in [0, 0.1) is 6.42 Å². The van der Waals surface area contributed by atoms with Crippen LogP contribution in [-0.4, -0.2) is 5.11 Å². The number of hydrogen-bond donors (Lipinski definition) is 1. The lowest BCUT2D eigenvalue weighted by Crippen LogP contribution is -2.20. The summed E-state index contributed by atoms with van der Waals surface area (Å²) in [5, 5.41) is 9.93. The third kappa shape index (κ3) is 3.02. The third-order valence-corrected chi connectivity index (χ3v) is 3.07. The number of rotatable bonds is 1. The standard InChI is InChI=1S/C16H25O/c1-8-12-13(15(2,3)4)9-11(17)10-14(12)16(5,6)7/h8-10,17H,1-7H3. The molecule has 0 heterocycles. The van der Waals surface area contributed by atoms with Gasteiger partial charge in [-0.2, -0.15) is 0 Å². The van der Waals surface area contributed by atoms with E-state index < -0.39 is 0 Å². The largest absolute Gasteiger partial charge is 0.508 e. The Morgan fingerprint density at radius 2 is 1.24 bits per heavy atom. The highest BCUT2D eigenvalue weighted by Crippen LogP contribution is 2.37. The zero-order chi connectivity index (χ0) is 13.4. The van der Waals surface area contributed by atoms with E-state index in [4.69, 9.17) is 0 Å². The van der Waals surface area contributed by atoms with E-state index in [0.717, 1.165) is 0 Å². The molecule has 1 nitrogen and oxygen atoms in total. The summed E-state index contributed by atoms with van der Waals surface area (Å²) in [6.07, 6.45) is 2.15. The molecule has 1 aromatic carbocycles. The first-order valence-electron chi connectivity index (χ1n) is 6.24. The van der Waals surface area contributed by atoms with Crippen LogP contribution in [0.25, 0.3) is 0 Å². The van der Waals surface area contributed by atoms with Crippen molar-refractivity contribution in [1.82, 2.24) is 0 Å². The average molecular weight is 233 g/mol. The van der Waals surface area contributed by atoms with E-state index in [0.29, 0.717) is 5.75 Å². The van der Waals surface area contributed by atoms with Crippen molar-refractivity contribution < 1.29 is 5.11 Å². The van der Waals surface area contributed by atoms with Crippen LogP contribution < -0.4 is 0 Å². The smallest absolute Gasteiger partial charge is 0.116 e. The molecular weight excluding hydrogens is 208 g/mol. The number of aromatic hydroxyl groups is 1. The fraction of sp³-hybridized carbons (Fsp3) is 0.562. The Labute approximate surface area is 106 Å². The highest BCUT2D eigenvalue weighted by atomic mass is 16.3. The maximum Gasteiger partial charge on any atom is 0.116 e. The average Bonchev–Trinajstić information content (AvgIpc) is 2.13. The Morgan fingerprint density at radius 1 is 0.882 bits per heavy atom. The first-order chi connectivity index (χ1) is 7.57. The van der Waals surface area contributed by atoms with Crippen molar-refractivity contribution in [2.45, 2.75) is 59.3 Å². The molecule has 1 heteroatoms. The second-order valence-electron chi connectivity index (χ2n) is 6.74. The number of phenolic OH excluding ortho intramolecular Hbond substituents is 1. The fourth-order valence-electron chi connectivity index (χ4n) is 2.19. The van der Waals surface area contributed by atoms with Crippen LogP contribution in [0.5, 0.6) is 5.75 Å². The van der Waals surface area contributed by atoms with E-state index in [1.165, 1.54) is 16.7 Å². The summed E-state index contributed by atoms with van der Waals surface area (Å²) < 4.78 is 0. The van der Waals surface area contributed by atoms with Crippen molar-refractivity contribution in [2.75, 3.05) is 0 Å². The first kappa shape index (κ1) is 14.1. The Balaban J connectivity index is 3.58. The number of phenols is 1. The van der Waals surface area contributed by atoms with Gasteiger partial charge in [0.05, 0.1) is 0 Å². The molecule has 0 saturated carbocycles. The molecule has 0 saturated heterocycles. The third-order valence-electron chi connectivity index (χ3n) is 3.07. The van der Waals surface area contributed by atoms with Gasteiger partial charge in [0, 0.05) is 0 Å². The monoisotopic (exact) mass is 233 g/mol. The van der Waals surface area contributed by atoms with Gasteiger partial charge in [-0.3, -0.25) is 0 Å². The van der Waals surface area contributed by atoms with E-state index >= 15 is 0 Å². The Bertz CT molecular complexity index is 368. The first-order valence-corrected chi connectivity index (χ1v) is 6.24. The van der Waals surface area contributed by atoms with Crippen molar-refractivity contribution >= 4 is 0 Å². The molecule has 1 aromatic rings. The molecule has 95 valence electrons. The molecular formula is C16H25O. The second-order valence-corrected chi connectivity index (χ2v) is 6.74. The summed E-state index contributed by atoms with van der Waals surface area (Å²) >= 11 is 0. The van der Waals surface area contributed by atoms with Gasteiger partial charge in [-0.1, -0.05) is 48.5 Å². The predicted octanol–water partition coefficient (Wildman–Crippen LogP) is 4.56. The van der Waals surface area contributed by atoms with Gasteiger partial charge >= 0.3 is 0 Å². The molecule has 0 atom stereocenters. The summed E-state index contributed by atoms with van der Waals surface area (Å²) in [4.78, 5) is 0. The van der Waals surface area contributed by atoms with Crippen molar-refractivity contribution in [3.63, 3.8) is 0 Å². The van der Waals surface area contributed by atoms with Crippen molar-refractivity contribution in [2.24, 2.45) is 0 Å². The van der Waals surface area contributed by atoms with Crippen molar-refractivity contribution in [1.29, 1.82) is 0 Å². The van der Waals surface area contributed by atoms with Gasteiger partial charge in [0.25, 0.3) is 0 Å². The minimum Gasteiger partial charge on any atom is -0.508 e. The fourth-order valence-corrected chi connectivity index (χ4v) is 2.19. The topological polar surface area (TPSA) is 20.2 Å². The highest BCUT2D eigenvalue weighted by molar-refractivity contribution is 5.50. The molecule has 0 bridgehead atoms. The van der Waals surface area contributed by atoms with Crippen LogP contribution in [0.15, 0.2) is 12.1 Å². The van der Waals surface area contributed by atoms with Crippen molar-refractivity contribution in [3.05, 3.63) is 35.2 Å². The van der Waals surface area contributed by atoms with E-state index in [9.17, 15) is 5.11 Å². The lowest BCUT2D eigenvalue weighted by Gasteiger charge is -2.30. The summed E-state index contributed by atoms with van der Waals surface area (Å²) in [5.41, 5.74) is 3.78. The molecule has 0 aliphatic heterocycles. The number of benzene rings is 1. The maximum absolute atomic E-state index is 9.93. The van der Waals surface area contributed by atoms with Gasteiger partial charge in [0.2, 0.25) is 0 Å². The summed E-state index contributed by atoms with van der Waals surface area (Å²) in [6, 6.07) is 3.79. The predicted molar refractivity (Wildman–Crippen MR) is 74.6 cm³/mol. The SMILES string of the molecule is C[CH]c1c(C(C)(C)C)cc(O)cc1C(C)(C)C. The molecule has 0 amide bonds. The van der Waals surface area contributed by atoms with Crippen LogP contribution in [0.3, 0.4) is 0 Å². The van der Waals surface area contributed by atoms with Gasteiger partial charge in [-0.15, -0.1) is 0 Å². The van der Waals surface area contributed by atoms with Crippen LogP contribution in [-0.2, 0) is 10.8 Å². The van der Waals surface area contributed by atoms with E-state index in [-0.39, 0.29) is 10.8 Å². The highest BCUT2D eigenvalue weighted by Gasteiger charge is 2.25. The molecule has 0 fully saturated rings. The van der Waals surface area contributed by atoms with Crippen molar-refractivity contribution in [3.8, 4) is 5.75 Å². The van der Waals surface area contributed by atoms with Gasteiger partial charge in [0.1, 0.15) is 5.75 Å². The molecule has 0 spiro atoms. The normalized spacial score (nSPS) is 12.9. The van der Waals surface area contributed by atoms with E-state index in [1.54, 1.807) is 0 Å². The zero-order valence-electron chi connectivity index (χ0n) is 12.2. The number of hydrogen-bond acceptors (Lipinski definition) is 1. The molecule has 0 aromatic heterocycles. The molecule has 1 N–H and O–H groups in total. The lowest BCUT2D eigenvalue weighted by atomic mass is 9.75. The summed E-state index contributed by atoms with van der Waals surface area (Å²) in [5.74, 6) is 0.366. The van der Waals surface area contributed by atoms with Crippen LogP contribution >= 0.6 is 0 Å². The van der Waals surface area contributed by atoms with Crippen LogP contribution in [0.4, 0.5) is 0 Å². The molecule has 1 rings (SSSR count). The van der Waals surface area contributed by atoms with Gasteiger partial charge in [-0.05, 0) is 46.1 Å². The Morgan fingerprint density at radius 3 is 1.47 bits per heavy atom. The van der Waals surface area contributed by atoms with Crippen LogP contribution in [0.1, 0.15) is 65.2 Å². The molecule has 1 radical (unpaired) electrons. The van der Waals surface area contributed by atoms with Gasteiger partial charge in [-0.25, -0.2) is 0 Å². The zero-order valence-corrected chi connectivity index (χ0v) is 12.2. The summed E-state index contributed by atoms with van der Waals surface area (Å²) in [6.45, 7) is 15.2.